The van der Waals surface area contributed by atoms with E-state index in [2.05, 4.69) is 60.0 Å². The van der Waals surface area contributed by atoms with E-state index in [0.717, 1.165) is 6.54 Å². The van der Waals surface area contributed by atoms with Crippen LogP contribution in [0.4, 0.5) is 0 Å². The number of hydrogen-bond donors (Lipinski definition) is 0. The SMILES string of the molecule is CCCn1c2ccccc2c2ccccc21.[HH].[HH].[HH].[HH].[HH].[HH].[HH].[HH].[HH].[HH].[HH].[HH]. The molecule has 2 aromatic carbocycles. The molecule has 16 heavy (non-hydrogen) atoms. The summed E-state index contributed by atoms with van der Waals surface area (Å²) in [5, 5.41) is 2.73. The minimum absolute atomic E-state index is 0. The van der Waals surface area contributed by atoms with Crippen LogP contribution in [-0.4, -0.2) is 4.57 Å². The van der Waals surface area contributed by atoms with Crippen molar-refractivity contribution in [3.05, 3.63) is 48.5 Å². The molecule has 0 saturated heterocycles. The smallest absolute Gasteiger partial charge is 0.0491 e. The summed E-state index contributed by atoms with van der Waals surface area (Å²) in [7, 11) is 0. The summed E-state index contributed by atoms with van der Waals surface area (Å²) >= 11 is 0. The van der Waals surface area contributed by atoms with Crippen LogP contribution in [0.15, 0.2) is 48.5 Å². The van der Waals surface area contributed by atoms with Crippen molar-refractivity contribution in [3.63, 3.8) is 0 Å². The molecule has 104 valence electrons. The maximum Gasteiger partial charge on any atom is 0.0491 e. The normalized spacial score (nSPS) is 11.3. The minimum Gasteiger partial charge on any atom is -0.340 e. The maximum absolute atomic E-state index is 2.42. The number of para-hydroxylation sites is 2. The lowest BCUT2D eigenvalue weighted by Gasteiger charge is -2.04. The minimum atomic E-state index is 0. The molecule has 0 spiro atoms. The largest absolute Gasteiger partial charge is 0.340 e. The molecular weight excluding hydrogens is 194 g/mol. The van der Waals surface area contributed by atoms with E-state index in [0.29, 0.717) is 0 Å². The van der Waals surface area contributed by atoms with Gasteiger partial charge < -0.3 is 4.57 Å². The van der Waals surface area contributed by atoms with E-state index in [4.69, 9.17) is 0 Å². The first-order chi connectivity index (χ1) is 7.92. The van der Waals surface area contributed by atoms with E-state index in [1.807, 2.05) is 0 Å². The third-order valence-electron chi connectivity index (χ3n) is 3.13. The van der Waals surface area contributed by atoms with Crippen LogP contribution < -0.4 is 0 Å². The highest BCUT2D eigenvalue weighted by Gasteiger charge is 2.07. The molecule has 0 amide bonds. The third-order valence-corrected chi connectivity index (χ3v) is 3.13. The maximum atomic E-state index is 2.42. The van der Waals surface area contributed by atoms with E-state index < -0.39 is 0 Å². The summed E-state index contributed by atoms with van der Waals surface area (Å²) in [5.74, 6) is 0. The molecular formula is C15H39N. The van der Waals surface area contributed by atoms with Gasteiger partial charge in [0.25, 0.3) is 0 Å². The van der Waals surface area contributed by atoms with Gasteiger partial charge in [0.15, 0.2) is 0 Å². The van der Waals surface area contributed by atoms with Crippen molar-refractivity contribution in [3.8, 4) is 0 Å². The standard InChI is InChI=1S/C15H15N.12H2/c1-2-11-16-14-9-5-3-7-12(14)13-8-4-6-10-15(13)16;;;;;;;;;;;;/h3-10H,2,11H2,1H3;12*1H. The van der Waals surface area contributed by atoms with Gasteiger partial charge in [-0.25, -0.2) is 0 Å². The van der Waals surface area contributed by atoms with Crippen molar-refractivity contribution in [2.24, 2.45) is 0 Å². The van der Waals surface area contributed by atoms with Crippen LogP contribution in [0.2, 0.25) is 0 Å². The summed E-state index contributed by atoms with van der Waals surface area (Å²) in [6.45, 7) is 3.32. The van der Waals surface area contributed by atoms with Gasteiger partial charge in [0.05, 0.1) is 0 Å². The third kappa shape index (κ3) is 1.25. The molecule has 0 aliphatic rings. The molecule has 1 heteroatoms. The quantitative estimate of drug-likeness (QED) is 0.442. The lowest BCUT2D eigenvalue weighted by Crippen LogP contribution is -1.95. The van der Waals surface area contributed by atoms with E-state index in [1.165, 1.54) is 28.2 Å². The lowest BCUT2D eigenvalue weighted by atomic mass is 10.2. The Morgan fingerprint density at radius 2 is 1.38 bits per heavy atom. The van der Waals surface area contributed by atoms with Gasteiger partial charge in [-0.15, -0.1) is 0 Å². The number of nitrogens with zero attached hydrogens (tertiary/aromatic N) is 1. The molecule has 0 atom stereocenters. The molecule has 1 heterocycles. The topological polar surface area (TPSA) is 4.93 Å². The first-order valence-electron chi connectivity index (χ1n) is 5.88. The Bertz CT molecular complexity index is 608. The molecule has 0 bridgehead atoms. The summed E-state index contributed by atoms with van der Waals surface area (Å²) in [5.41, 5.74) is 2.70. The Balaban J connectivity index is -0.0000000337. The van der Waals surface area contributed by atoms with Gasteiger partial charge in [0.2, 0.25) is 0 Å². The fourth-order valence-electron chi connectivity index (χ4n) is 2.47. The van der Waals surface area contributed by atoms with Gasteiger partial charge in [-0.1, -0.05) is 43.3 Å². The molecule has 1 aromatic heterocycles. The van der Waals surface area contributed by atoms with Crippen LogP contribution in [-0.2, 0) is 6.54 Å². The Hall–Kier alpha value is -1.76. The van der Waals surface area contributed by atoms with Crippen molar-refractivity contribution < 1.29 is 17.1 Å². The van der Waals surface area contributed by atoms with Crippen molar-refractivity contribution in [1.29, 1.82) is 0 Å². The first kappa shape index (κ1) is 9.46. The number of rotatable bonds is 2. The predicted molar refractivity (Wildman–Crippen MR) is 95.1 cm³/mol. The Labute approximate surface area is 113 Å². The second-order valence-electron chi connectivity index (χ2n) is 4.19. The summed E-state index contributed by atoms with van der Waals surface area (Å²) in [6, 6.07) is 17.3. The van der Waals surface area contributed by atoms with Crippen LogP contribution in [0.3, 0.4) is 0 Å². The Morgan fingerprint density at radius 1 is 0.875 bits per heavy atom. The zero-order valence-electron chi connectivity index (χ0n) is 9.48. The van der Waals surface area contributed by atoms with Gasteiger partial charge in [0, 0.05) is 45.5 Å². The fraction of sp³-hybridized carbons (Fsp3) is 0.200. The van der Waals surface area contributed by atoms with E-state index in [-0.39, 0.29) is 17.1 Å². The summed E-state index contributed by atoms with van der Waals surface area (Å²) in [6.07, 6.45) is 1.17. The second-order valence-corrected chi connectivity index (χ2v) is 4.19. The van der Waals surface area contributed by atoms with E-state index in [9.17, 15) is 0 Å². The average molecular weight is 233 g/mol. The Morgan fingerprint density at radius 3 is 1.88 bits per heavy atom. The molecule has 1 nitrogen and oxygen atoms in total. The lowest BCUT2D eigenvalue weighted by molar-refractivity contribution is 0.724. The van der Waals surface area contributed by atoms with Gasteiger partial charge >= 0.3 is 0 Å². The molecule has 0 N–H and O–H groups in total. The predicted octanol–water partition coefficient (Wildman–Crippen LogP) is 7.16. The van der Waals surface area contributed by atoms with Crippen molar-refractivity contribution in [1.82, 2.24) is 4.57 Å². The Kier molecular flexibility index (Phi) is 2.17. The number of hydrogen-bond acceptors (Lipinski definition) is 0. The highest BCUT2D eigenvalue weighted by atomic mass is 15.0. The molecule has 0 radical (unpaired) electrons. The van der Waals surface area contributed by atoms with Gasteiger partial charge in [-0.05, 0) is 18.6 Å². The first-order valence-corrected chi connectivity index (χ1v) is 5.88. The number of fused-ring (bicyclic) bond motifs is 3. The summed E-state index contributed by atoms with van der Waals surface area (Å²) < 4.78 is 2.42. The number of benzene rings is 2. The van der Waals surface area contributed by atoms with Crippen molar-refractivity contribution in [2.45, 2.75) is 19.9 Å². The monoisotopic (exact) mass is 233 g/mol. The van der Waals surface area contributed by atoms with Gasteiger partial charge in [0.1, 0.15) is 0 Å². The van der Waals surface area contributed by atoms with Crippen molar-refractivity contribution >= 4 is 21.8 Å². The van der Waals surface area contributed by atoms with Gasteiger partial charge in [-0.3, -0.25) is 0 Å². The van der Waals surface area contributed by atoms with Crippen LogP contribution in [0, 0.1) is 0 Å². The second kappa shape index (κ2) is 3.67. The number of aromatic nitrogens is 1. The molecule has 0 aliphatic heterocycles. The highest BCUT2D eigenvalue weighted by molar-refractivity contribution is 6.07. The molecule has 0 aliphatic carbocycles. The highest BCUT2D eigenvalue weighted by Crippen LogP contribution is 2.28. The van der Waals surface area contributed by atoms with E-state index >= 15 is 0 Å². The van der Waals surface area contributed by atoms with Crippen LogP contribution in [0.25, 0.3) is 21.8 Å². The fourth-order valence-corrected chi connectivity index (χ4v) is 2.47. The van der Waals surface area contributed by atoms with Gasteiger partial charge in [-0.2, -0.15) is 0 Å². The molecule has 0 fully saturated rings. The van der Waals surface area contributed by atoms with E-state index in [1.54, 1.807) is 0 Å². The molecule has 0 unspecified atom stereocenters. The molecule has 3 aromatic rings. The molecule has 0 saturated carbocycles. The van der Waals surface area contributed by atoms with Crippen LogP contribution >= 0.6 is 0 Å². The average Bonchev–Trinajstić information content (AvgIpc) is 2.66. The van der Waals surface area contributed by atoms with Crippen LogP contribution in [0.1, 0.15) is 30.5 Å². The van der Waals surface area contributed by atoms with Crippen LogP contribution in [0.5, 0.6) is 0 Å². The number of aryl methyl sites for hydroxylation is 1. The zero-order chi connectivity index (χ0) is 11.0. The summed E-state index contributed by atoms with van der Waals surface area (Å²) in [4.78, 5) is 0. The van der Waals surface area contributed by atoms with Crippen molar-refractivity contribution in [2.75, 3.05) is 0 Å². The molecule has 3 rings (SSSR count). The zero-order valence-corrected chi connectivity index (χ0v) is 9.48.